The molecule has 0 spiro atoms. The summed E-state index contributed by atoms with van der Waals surface area (Å²) in [4.78, 5) is 12.0. The molecule has 140 valence electrons. The zero-order valence-corrected chi connectivity index (χ0v) is 16.7. The fourth-order valence-corrected chi connectivity index (χ4v) is 2.82. The molecule has 1 aromatic rings. The number of benzene rings is 1. The van der Waals surface area contributed by atoms with Crippen LogP contribution in [0.3, 0.4) is 0 Å². The summed E-state index contributed by atoms with van der Waals surface area (Å²) in [5, 5.41) is 6.21. The van der Waals surface area contributed by atoms with Crippen LogP contribution in [-0.4, -0.2) is 24.2 Å². The van der Waals surface area contributed by atoms with Crippen LogP contribution in [0.2, 0.25) is 0 Å². The molecule has 0 aliphatic rings. The first-order valence-electron chi connectivity index (χ1n) is 9.27. The van der Waals surface area contributed by atoms with Crippen LogP contribution in [0.15, 0.2) is 24.3 Å². The van der Waals surface area contributed by atoms with Crippen LogP contribution in [-0.2, 0) is 4.79 Å². The van der Waals surface area contributed by atoms with Crippen LogP contribution in [0.4, 0.5) is 0 Å². The molecule has 1 atom stereocenters. The standard InChI is InChI=1S/C20H32N2O2S/c1-5-7-10-16(6-2)13-21-20(25)22-19(23)14-24-18-12-9-8-11-17(18)15(3)4/h8-9,11-12,15-16H,5-7,10,13-14H2,1-4H3,(H2,21,22,23,25). The highest BCUT2D eigenvalue weighted by Gasteiger charge is 2.11. The summed E-state index contributed by atoms with van der Waals surface area (Å²) in [7, 11) is 0. The van der Waals surface area contributed by atoms with Gasteiger partial charge in [0, 0.05) is 6.54 Å². The Morgan fingerprint density at radius 3 is 2.60 bits per heavy atom. The maximum Gasteiger partial charge on any atom is 0.264 e. The number of carbonyl (C=O) groups is 1. The molecule has 0 saturated carbocycles. The van der Waals surface area contributed by atoms with Gasteiger partial charge in [0.05, 0.1) is 0 Å². The van der Waals surface area contributed by atoms with E-state index in [-0.39, 0.29) is 12.5 Å². The summed E-state index contributed by atoms with van der Waals surface area (Å²) < 4.78 is 5.66. The predicted octanol–water partition coefficient (Wildman–Crippen LogP) is 4.40. The number of para-hydroxylation sites is 1. The highest BCUT2D eigenvalue weighted by atomic mass is 32.1. The summed E-state index contributed by atoms with van der Waals surface area (Å²) in [6, 6.07) is 7.79. The van der Waals surface area contributed by atoms with E-state index < -0.39 is 0 Å². The Morgan fingerprint density at radius 1 is 1.24 bits per heavy atom. The second-order valence-electron chi connectivity index (χ2n) is 6.66. The van der Waals surface area contributed by atoms with E-state index >= 15 is 0 Å². The summed E-state index contributed by atoms with van der Waals surface area (Å²) in [5.41, 5.74) is 1.10. The smallest absolute Gasteiger partial charge is 0.264 e. The second kappa shape index (κ2) is 11.9. The number of unbranched alkanes of at least 4 members (excludes halogenated alkanes) is 1. The molecular formula is C20H32N2O2S. The molecule has 1 amide bonds. The average Bonchev–Trinajstić information content (AvgIpc) is 2.60. The number of ether oxygens (including phenoxy) is 1. The molecule has 25 heavy (non-hydrogen) atoms. The van der Waals surface area contributed by atoms with E-state index in [0.717, 1.165) is 24.3 Å². The van der Waals surface area contributed by atoms with Gasteiger partial charge in [-0.3, -0.25) is 4.79 Å². The van der Waals surface area contributed by atoms with E-state index in [1.807, 2.05) is 24.3 Å². The van der Waals surface area contributed by atoms with E-state index in [2.05, 4.69) is 38.3 Å². The fraction of sp³-hybridized carbons (Fsp3) is 0.600. The van der Waals surface area contributed by atoms with Crippen LogP contribution in [0, 0.1) is 5.92 Å². The monoisotopic (exact) mass is 364 g/mol. The molecule has 0 aromatic heterocycles. The highest BCUT2D eigenvalue weighted by molar-refractivity contribution is 7.80. The third-order valence-electron chi connectivity index (χ3n) is 4.25. The van der Waals surface area contributed by atoms with Gasteiger partial charge in [-0.2, -0.15) is 0 Å². The molecule has 1 rings (SSSR count). The molecule has 0 radical (unpaired) electrons. The summed E-state index contributed by atoms with van der Waals surface area (Å²) >= 11 is 5.21. The highest BCUT2D eigenvalue weighted by Crippen LogP contribution is 2.25. The van der Waals surface area contributed by atoms with E-state index in [0.29, 0.717) is 16.9 Å². The molecule has 0 aliphatic heterocycles. The van der Waals surface area contributed by atoms with Crippen molar-refractivity contribution in [2.75, 3.05) is 13.2 Å². The van der Waals surface area contributed by atoms with Crippen molar-refractivity contribution < 1.29 is 9.53 Å². The molecule has 4 nitrogen and oxygen atoms in total. The maximum absolute atomic E-state index is 12.0. The van der Waals surface area contributed by atoms with Gasteiger partial charge >= 0.3 is 0 Å². The van der Waals surface area contributed by atoms with Crippen molar-refractivity contribution >= 4 is 23.2 Å². The van der Waals surface area contributed by atoms with Gasteiger partial charge in [0.15, 0.2) is 11.7 Å². The van der Waals surface area contributed by atoms with E-state index in [1.165, 1.54) is 19.3 Å². The van der Waals surface area contributed by atoms with Crippen LogP contribution < -0.4 is 15.4 Å². The van der Waals surface area contributed by atoms with Crippen molar-refractivity contribution in [3.8, 4) is 5.75 Å². The number of hydrogen-bond donors (Lipinski definition) is 2. The Kier molecular flexibility index (Phi) is 10.2. The first kappa shape index (κ1) is 21.4. The number of carbonyl (C=O) groups excluding carboxylic acids is 1. The molecular weight excluding hydrogens is 332 g/mol. The lowest BCUT2D eigenvalue weighted by Crippen LogP contribution is -2.43. The van der Waals surface area contributed by atoms with Crippen molar-refractivity contribution in [2.45, 2.75) is 59.3 Å². The van der Waals surface area contributed by atoms with Gasteiger partial charge in [0.1, 0.15) is 5.75 Å². The Labute approximate surface area is 157 Å². The Morgan fingerprint density at radius 2 is 1.96 bits per heavy atom. The lowest BCUT2D eigenvalue weighted by atomic mass is 9.99. The van der Waals surface area contributed by atoms with Crippen LogP contribution in [0.5, 0.6) is 5.75 Å². The van der Waals surface area contributed by atoms with Crippen molar-refractivity contribution in [3.05, 3.63) is 29.8 Å². The summed E-state index contributed by atoms with van der Waals surface area (Å²) in [6.07, 6.45) is 4.72. The SMILES string of the molecule is CCCCC(CC)CNC(=S)NC(=O)COc1ccccc1C(C)C. The van der Waals surface area contributed by atoms with Crippen molar-refractivity contribution in [3.63, 3.8) is 0 Å². The topological polar surface area (TPSA) is 50.4 Å². The van der Waals surface area contributed by atoms with E-state index in [1.54, 1.807) is 0 Å². The number of amides is 1. The lowest BCUT2D eigenvalue weighted by molar-refractivity contribution is -0.121. The first-order valence-corrected chi connectivity index (χ1v) is 9.68. The minimum absolute atomic E-state index is 0.0431. The third kappa shape index (κ3) is 8.34. The Bertz CT molecular complexity index is 546. The number of nitrogens with one attached hydrogen (secondary N) is 2. The lowest BCUT2D eigenvalue weighted by Gasteiger charge is -2.17. The first-order chi connectivity index (χ1) is 12.0. The van der Waals surface area contributed by atoms with Crippen molar-refractivity contribution in [1.82, 2.24) is 10.6 Å². The van der Waals surface area contributed by atoms with Gasteiger partial charge in [0.25, 0.3) is 5.91 Å². The van der Waals surface area contributed by atoms with Crippen molar-refractivity contribution in [1.29, 1.82) is 0 Å². The maximum atomic E-state index is 12.0. The second-order valence-corrected chi connectivity index (χ2v) is 7.06. The average molecular weight is 365 g/mol. The molecule has 2 N–H and O–H groups in total. The fourth-order valence-electron chi connectivity index (χ4n) is 2.62. The van der Waals surface area contributed by atoms with Gasteiger partial charge in [-0.05, 0) is 42.1 Å². The summed E-state index contributed by atoms with van der Waals surface area (Å²) in [5.74, 6) is 1.44. The molecule has 0 aliphatic carbocycles. The number of rotatable bonds is 10. The third-order valence-corrected chi connectivity index (χ3v) is 4.49. The molecule has 0 fully saturated rings. The Hall–Kier alpha value is -1.62. The quantitative estimate of drug-likeness (QED) is 0.604. The number of hydrogen-bond acceptors (Lipinski definition) is 3. The molecule has 0 heterocycles. The van der Waals surface area contributed by atoms with Crippen LogP contribution in [0.1, 0.15) is 64.9 Å². The summed E-state index contributed by atoms with van der Waals surface area (Å²) in [6.45, 7) is 9.34. The van der Waals surface area contributed by atoms with Crippen LogP contribution in [0.25, 0.3) is 0 Å². The van der Waals surface area contributed by atoms with Crippen LogP contribution >= 0.6 is 12.2 Å². The van der Waals surface area contributed by atoms with Crippen molar-refractivity contribution in [2.24, 2.45) is 5.92 Å². The number of thiocarbonyl (C=S) groups is 1. The molecule has 1 aromatic carbocycles. The minimum Gasteiger partial charge on any atom is -0.483 e. The zero-order chi connectivity index (χ0) is 18.7. The largest absolute Gasteiger partial charge is 0.483 e. The minimum atomic E-state index is -0.238. The Balaban J connectivity index is 2.38. The molecule has 0 bridgehead atoms. The van der Waals surface area contributed by atoms with Gasteiger partial charge in [-0.25, -0.2) is 0 Å². The van der Waals surface area contributed by atoms with Gasteiger partial charge < -0.3 is 15.4 Å². The zero-order valence-electron chi connectivity index (χ0n) is 15.9. The van der Waals surface area contributed by atoms with Gasteiger partial charge in [0.2, 0.25) is 0 Å². The van der Waals surface area contributed by atoms with Gasteiger partial charge in [-0.1, -0.05) is 65.2 Å². The van der Waals surface area contributed by atoms with Gasteiger partial charge in [-0.15, -0.1) is 0 Å². The molecule has 0 saturated heterocycles. The van der Waals surface area contributed by atoms with E-state index in [9.17, 15) is 4.79 Å². The molecule has 1 unspecified atom stereocenters. The van der Waals surface area contributed by atoms with E-state index in [4.69, 9.17) is 17.0 Å². The predicted molar refractivity (Wildman–Crippen MR) is 108 cm³/mol. The normalized spacial score (nSPS) is 11.9. The molecule has 5 heteroatoms.